The molecule has 2 aliphatic heterocycles. The summed E-state index contributed by atoms with van der Waals surface area (Å²) in [5, 5.41) is 4.52. The molecule has 2 aliphatic rings. The molecule has 3 aromatic rings. The first-order valence-corrected chi connectivity index (χ1v) is 10.2. The van der Waals surface area contributed by atoms with E-state index in [0.717, 1.165) is 52.1 Å². The molecule has 0 aliphatic carbocycles. The zero-order valence-electron chi connectivity index (χ0n) is 17.1. The normalized spacial score (nSPS) is 16.9. The van der Waals surface area contributed by atoms with Crippen molar-refractivity contribution in [1.82, 2.24) is 14.7 Å². The molecule has 0 radical (unpaired) electrons. The Hall–Kier alpha value is -3.08. The Bertz CT molecular complexity index is 1090. The molecule has 0 saturated carbocycles. The van der Waals surface area contributed by atoms with Gasteiger partial charge < -0.3 is 9.64 Å². The summed E-state index contributed by atoms with van der Waals surface area (Å²) < 4.78 is 8.52. The number of rotatable bonds is 1. The Balaban J connectivity index is 1.43. The third kappa shape index (κ3) is 2.84. The Morgan fingerprint density at radius 2 is 1.76 bits per heavy atom. The lowest BCUT2D eigenvalue weighted by Crippen LogP contribution is -2.49. The van der Waals surface area contributed by atoms with Crippen LogP contribution in [-0.4, -0.2) is 33.7 Å². The van der Waals surface area contributed by atoms with Gasteiger partial charge in [-0.2, -0.15) is 5.10 Å². The van der Waals surface area contributed by atoms with Gasteiger partial charge in [-0.15, -0.1) is 0 Å². The first-order chi connectivity index (χ1) is 14.0. The summed E-state index contributed by atoms with van der Waals surface area (Å²) in [6, 6.07) is 14.2. The van der Waals surface area contributed by atoms with Crippen LogP contribution in [0.5, 0.6) is 5.75 Å². The van der Waals surface area contributed by atoms with E-state index in [9.17, 15) is 4.79 Å². The van der Waals surface area contributed by atoms with E-state index in [1.807, 2.05) is 67.0 Å². The largest absolute Gasteiger partial charge is 0.482 e. The average Bonchev–Trinajstić information content (AvgIpc) is 3.10. The molecule has 5 nitrogen and oxygen atoms in total. The van der Waals surface area contributed by atoms with Crippen molar-refractivity contribution >= 4 is 5.91 Å². The van der Waals surface area contributed by atoms with E-state index in [2.05, 4.69) is 17.2 Å². The third-order valence-corrected chi connectivity index (χ3v) is 6.20. The van der Waals surface area contributed by atoms with Crippen molar-refractivity contribution in [1.29, 1.82) is 0 Å². The molecule has 148 valence electrons. The number of likely N-dealkylation sites (tertiary alicyclic amines) is 1. The van der Waals surface area contributed by atoms with Crippen molar-refractivity contribution in [2.45, 2.75) is 32.3 Å². The number of fused-ring (bicyclic) bond motifs is 4. The molecule has 2 aromatic carbocycles. The fourth-order valence-electron chi connectivity index (χ4n) is 4.83. The van der Waals surface area contributed by atoms with Crippen molar-refractivity contribution in [3.8, 4) is 17.0 Å². The van der Waals surface area contributed by atoms with Crippen molar-refractivity contribution in [3.63, 3.8) is 0 Å². The number of aromatic nitrogens is 2. The molecule has 3 heterocycles. The highest BCUT2D eigenvalue weighted by atomic mass is 16.5. The first-order valence-electron chi connectivity index (χ1n) is 10.2. The van der Waals surface area contributed by atoms with Gasteiger partial charge in [-0.1, -0.05) is 29.3 Å². The quantitative estimate of drug-likeness (QED) is 0.628. The molecule has 0 bridgehead atoms. The van der Waals surface area contributed by atoms with Gasteiger partial charge in [0.05, 0.1) is 11.9 Å². The summed E-state index contributed by atoms with van der Waals surface area (Å²) in [6.07, 6.45) is 3.46. The number of carbonyl (C=O) groups excluding carboxylic acids is 1. The predicted molar refractivity (Wildman–Crippen MR) is 112 cm³/mol. The number of amides is 1. The minimum Gasteiger partial charge on any atom is -0.482 e. The maximum atomic E-state index is 13.1. The van der Waals surface area contributed by atoms with Crippen LogP contribution < -0.4 is 4.74 Å². The van der Waals surface area contributed by atoms with E-state index in [4.69, 9.17) is 4.74 Å². The zero-order valence-corrected chi connectivity index (χ0v) is 17.1. The third-order valence-electron chi connectivity index (χ3n) is 6.20. The SMILES string of the molecule is Cc1cc(C)cc(C(=O)N2CCC3(CC2)Oc2ccccc2-c2c3cnn2C)c1. The highest BCUT2D eigenvalue weighted by Crippen LogP contribution is 2.49. The Labute approximate surface area is 170 Å². The summed E-state index contributed by atoms with van der Waals surface area (Å²) in [5.41, 5.74) is 5.94. The molecule has 5 rings (SSSR count). The smallest absolute Gasteiger partial charge is 0.253 e. The maximum Gasteiger partial charge on any atom is 0.253 e. The average molecular weight is 387 g/mol. The number of piperidine rings is 1. The van der Waals surface area contributed by atoms with Crippen LogP contribution >= 0.6 is 0 Å². The van der Waals surface area contributed by atoms with Crippen molar-refractivity contribution in [3.05, 3.63) is 70.9 Å². The second-order valence-electron chi connectivity index (χ2n) is 8.29. The van der Waals surface area contributed by atoms with E-state index in [1.165, 1.54) is 0 Å². The van der Waals surface area contributed by atoms with E-state index < -0.39 is 5.60 Å². The van der Waals surface area contributed by atoms with E-state index in [-0.39, 0.29) is 5.91 Å². The van der Waals surface area contributed by atoms with Crippen molar-refractivity contribution in [2.24, 2.45) is 7.05 Å². The lowest BCUT2D eigenvalue weighted by molar-refractivity contribution is -0.00173. The lowest BCUT2D eigenvalue weighted by Gasteiger charge is -2.44. The van der Waals surface area contributed by atoms with Gasteiger partial charge in [0.25, 0.3) is 5.91 Å². The van der Waals surface area contributed by atoms with Crippen molar-refractivity contribution in [2.75, 3.05) is 13.1 Å². The minimum atomic E-state index is -0.419. The number of para-hydroxylation sites is 1. The second kappa shape index (κ2) is 6.48. The van der Waals surface area contributed by atoms with Crippen LogP contribution in [0.1, 0.15) is 39.9 Å². The van der Waals surface area contributed by atoms with Gasteiger partial charge in [0, 0.05) is 49.7 Å². The zero-order chi connectivity index (χ0) is 20.2. The number of aryl methyl sites for hydroxylation is 3. The monoisotopic (exact) mass is 387 g/mol. The minimum absolute atomic E-state index is 0.106. The first kappa shape index (κ1) is 18.0. The van der Waals surface area contributed by atoms with Crippen LogP contribution in [-0.2, 0) is 12.6 Å². The topological polar surface area (TPSA) is 47.4 Å². The van der Waals surface area contributed by atoms with Crippen LogP contribution in [0.3, 0.4) is 0 Å². The fraction of sp³-hybridized carbons (Fsp3) is 0.333. The maximum absolute atomic E-state index is 13.1. The molecule has 0 atom stereocenters. The predicted octanol–water partition coefficient (Wildman–Crippen LogP) is 4.23. The van der Waals surface area contributed by atoms with E-state index in [0.29, 0.717) is 13.1 Å². The summed E-state index contributed by atoms with van der Waals surface area (Å²) >= 11 is 0. The van der Waals surface area contributed by atoms with Crippen LogP contribution in [0.4, 0.5) is 0 Å². The van der Waals surface area contributed by atoms with Gasteiger partial charge in [0.1, 0.15) is 11.4 Å². The standard InChI is InChI=1S/C24H25N3O2/c1-16-12-17(2)14-18(13-16)23(28)27-10-8-24(9-11-27)20-15-25-26(3)22(20)19-6-4-5-7-21(19)29-24/h4-7,12-15H,8-11H2,1-3H3. The van der Waals surface area contributed by atoms with Crippen LogP contribution in [0.25, 0.3) is 11.3 Å². The summed E-state index contributed by atoms with van der Waals surface area (Å²) in [6.45, 7) is 5.41. The van der Waals surface area contributed by atoms with Crippen LogP contribution in [0.15, 0.2) is 48.7 Å². The van der Waals surface area contributed by atoms with Gasteiger partial charge >= 0.3 is 0 Å². The molecule has 1 spiro atoms. The molecule has 29 heavy (non-hydrogen) atoms. The van der Waals surface area contributed by atoms with Gasteiger partial charge in [-0.3, -0.25) is 9.48 Å². The van der Waals surface area contributed by atoms with Gasteiger partial charge in [-0.05, 0) is 38.1 Å². The summed E-state index contributed by atoms with van der Waals surface area (Å²) in [5.74, 6) is 1.01. The number of carbonyl (C=O) groups is 1. The van der Waals surface area contributed by atoms with Crippen LogP contribution in [0.2, 0.25) is 0 Å². The Morgan fingerprint density at radius 1 is 1.07 bits per heavy atom. The van der Waals surface area contributed by atoms with Crippen molar-refractivity contribution < 1.29 is 9.53 Å². The second-order valence-corrected chi connectivity index (χ2v) is 8.29. The number of benzene rings is 2. The highest BCUT2D eigenvalue weighted by molar-refractivity contribution is 5.94. The van der Waals surface area contributed by atoms with E-state index >= 15 is 0 Å². The molecular formula is C24H25N3O2. The van der Waals surface area contributed by atoms with Crippen LogP contribution in [0, 0.1) is 13.8 Å². The number of hydrogen-bond acceptors (Lipinski definition) is 3. The number of ether oxygens (including phenoxy) is 1. The molecular weight excluding hydrogens is 362 g/mol. The number of nitrogens with zero attached hydrogens (tertiary/aromatic N) is 3. The number of hydrogen-bond donors (Lipinski definition) is 0. The Kier molecular flexibility index (Phi) is 4.02. The molecule has 1 aromatic heterocycles. The van der Waals surface area contributed by atoms with Gasteiger partial charge in [-0.25, -0.2) is 0 Å². The highest BCUT2D eigenvalue weighted by Gasteiger charge is 2.45. The molecule has 0 unspecified atom stereocenters. The summed E-state index contributed by atoms with van der Waals surface area (Å²) in [7, 11) is 1.98. The fourth-order valence-corrected chi connectivity index (χ4v) is 4.83. The van der Waals surface area contributed by atoms with E-state index in [1.54, 1.807) is 0 Å². The molecule has 1 saturated heterocycles. The molecule has 0 N–H and O–H groups in total. The summed E-state index contributed by atoms with van der Waals surface area (Å²) in [4.78, 5) is 15.0. The molecule has 5 heteroatoms. The lowest BCUT2D eigenvalue weighted by atomic mass is 9.81. The molecule has 1 fully saturated rings. The molecule has 1 amide bonds. The van der Waals surface area contributed by atoms with Gasteiger partial charge in [0.15, 0.2) is 0 Å². The Morgan fingerprint density at radius 3 is 2.48 bits per heavy atom. The van der Waals surface area contributed by atoms with Gasteiger partial charge in [0.2, 0.25) is 0 Å².